The number of halogens is 1. The van der Waals surface area contributed by atoms with Crippen LogP contribution in [0.3, 0.4) is 0 Å². The Morgan fingerprint density at radius 2 is 2.00 bits per heavy atom. The van der Waals surface area contributed by atoms with E-state index in [1.807, 2.05) is 24.3 Å². The molecule has 0 heterocycles. The summed E-state index contributed by atoms with van der Waals surface area (Å²) in [6, 6.07) is 7.62. The maximum absolute atomic E-state index is 12.0. The van der Waals surface area contributed by atoms with Gasteiger partial charge in [-0.3, -0.25) is 9.59 Å². The van der Waals surface area contributed by atoms with E-state index in [2.05, 4.69) is 15.9 Å². The number of carbonyl (C=O) groups is 2. The number of hydrogen-bond acceptors (Lipinski definition) is 3. The lowest BCUT2D eigenvalue weighted by Crippen LogP contribution is -2.30. The summed E-state index contributed by atoms with van der Waals surface area (Å²) in [7, 11) is 0. The van der Waals surface area contributed by atoms with Crippen molar-refractivity contribution in [3.8, 4) is 0 Å². The molecule has 0 amide bonds. The smallest absolute Gasteiger partial charge is 0.311 e. The van der Waals surface area contributed by atoms with Crippen LogP contribution in [0.4, 0.5) is 0 Å². The van der Waals surface area contributed by atoms with E-state index < -0.39 is 5.41 Å². The second-order valence-corrected chi connectivity index (χ2v) is 6.04. The van der Waals surface area contributed by atoms with Gasteiger partial charge in [0.15, 0.2) is 0 Å². The minimum Gasteiger partial charge on any atom is -0.466 e. The standard InChI is InChI=1S/C15H19BrO3/c1-4-19-14(18)15(2,3)10-13(17)9-11-6-5-7-12(16)8-11/h5-8H,4,9-10H2,1-3H3. The summed E-state index contributed by atoms with van der Waals surface area (Å²) < 4.78 is 5.92. The van der Waals surface area contributed by atoms with Crippen LogP contribution in [-0.2, 0) is 20.7 Å². The molecule has 0 aliphatic heterocycles. The highest BCUT2D eigenvalue weighted by Crippen LogP contribution is 2.24. The van der Waals surface area contributed by atoms with Gasteiger partial charge in [-0.1, -0.05) is 28.1 Å². The number of ketones is 1. The summed E-state index contributed by atoms with van der Waals surface area (Å²) >= 11 is 3.37. The van der Waals surface area contributed by atoms with Crippen molar-refractivity contribution in [1.29, 1.82) is 0 Å². The van der Waals surface area contributed by atoms with Crippen LogP contribution in [-0.4, -0.2) is 18.4 Å². The molecular formula is C15H19BrO3. The summed E-state index contributed by atoms with van der Waals surface area (Å²) in [6.45, 7) is 5.58. The molecule has 0 spiro atoms. The van der Waals surface area contributed by atoms with E-state index in [0.29, 0.717) is 13.0 Å². The predicted molar refractivity (Wildman–Crippen MR) is 77.9 cm³/mol. The van der Waals surface area contributed by atoms with Gasteiger partial charge in [-0.25, -0.2) is 0 Å². The van der Waals surface area contributed by atoms with Crippen molar-refractivity contribution >= 4 is 27.7 Å². The molecule has 0 bridgehead atoms. The number of benzene rings is 1. The average molecular weight is 327 g/mol. The lowest BCUT2D eigenvalue weighted by molar-refractivity contribution is -0.155. The van der Waals surface area contributed by atoms with E-state index in [1.165, 1.54) is 0 Å². The van der Waals surface area contributed by atoms with Crippen molar-refractivity contribution in [2.75, 3.05) is 6.61 Å². The van der Waals surface area contributed by atoms with Crippen molar-refractivity contribution in [2.24, 2.45) is 5.41 Å². The molecule has 0 N–H and O–H groups in total. The Hall–Kier alpha value is -1.16. The van der Waals surface area contributed by atoms with Crippen LogP contribution in [0.2, 0.25) is 0 Å². The SMILES string of the molecule is CCOC(=O)C(C)(C)CC(=O)Cc1cccc(Br)c1. The molecule has 0 radical (unpaired) electrons. The van der Waals surface area contributed by atoms with E-state index in [1.54, 1.807) is 20.8 Å². The van der Waals surface area contributed by atoms with Crippen molar-refractivity contribution < 1.29 is 14.3 Å². The van der Waals surface area contributed by atoms with Gasteiger partial charge in [0.2, 0.25) is 0 Å². The summed E-state index contributed by atoms with van der Waals surface area (Å²) in [5.41, 5.74) is 0.179. The molecule has 1 rings (SSSR count). The molecule has 0 aliphatic carbocycles. The molecule has 0 saturated heterocycles. The number of esters is 1. The average Bonchev–Trinajstić information content (AvgIpc) is 2.28. The van der Waals surface area contributed by atoms with Crippen LogP contribution < -0.4 is 0 Å². The van der Waals surface area contributed by atoms with Gasteiger partial charge in [0, 0.05) is 17.3 Å². The zero-order valence-electron chi connectivity index (χ0n) is 11.5. The molecule has 0 saturated carbocycles. The molecule has 4 heteroatoms. The zero-order chi connectivity index (χ0) is 14.5. The van der Waals surface area contributed by atoms with Crippen LogP contribution in [0.15, 0.2) is 28.7 Å². The van der Waals surface area contributed by atoms with Gasteiger partial charge in [0.05, 0.1) is 12.0 Å². The first-order chi connectivity index (χ1) is 8.85. The van der Waals surface area contributed by atoms with Crippen LogP contribution in [0.5, 0.6) is 0 Å². The van der Waals surface area contributed by atoms with E-state index >= 15 is 0 Å². The largest absolute Gasteiger partial charge is 0.466 e. The van der Waals surface area contributed by atoms with E-state index in [0.717, 1.165) is 10.0 Å². The number of Topliss-reactive ketones (excluding diaryl/α,β-unsaturated/α-hetero) is 1. The van der Waals surface area contributed by atoms with Gasteiger partial charge >= 0.3 is 5.97 Å². The first-order valence-corrected chi connectivity index (χ1v) is 7.08. The first kappa shape index (κ1) is 15.9. The molecule has 0 fully saturated rings. The Morgan fingerprint density at radius 1 is 1.32 bits per heavy atom. The lowest BCUT2D eigenvalue weighted by Gasteiger charge is -2.21. The molecule has 0 aliphatic rings. The Labute approximate surface area is 122 Å². The van der Waals surface area contributed by atoms with E-state index in [9.17, 15) is 9.59 Å². The highest BCUT2D eigenvalue weighted by atomic mass is 79.9. The second kappa shape index (κ2) is 6.85. The molecule has 1 aromatic rings. The summed E-state index contributed by atoms with van der Waals surface area (Å²) in [4.78, 5) is 23.7. The Balaban J connectivity index is 2.62. The molecule has 0 aromatic heterocycles. The zero-order valence-corrected chi connectivity index (χ0v) is 13.1. The minimum absolute atomic E-state index is 0.0381. The fourth-order valence-corrected chi connectivity index (χ4v) is 2.28. The highest BCUT2D eigenvalue weighted by Gasteiger charge is 2.31. The third-order valence-corrected chi connectivity index (χ3v) is 3.25. The third kappa shape index (κ3) is 5.15. The highest BCUT2D eigenvalue weighted by molar-refractivity contribution is 9.10. The van der Waals surface area contributed by atoms with Gasteiger partial charge in [0.25, 0.3) is 0 Å². The molecular weight excluding hydrogens is 308 g/mol. The van der Waals surface area contributed by atoms with Crippen LogP contribution in [0.25, 0.3) is 0 Å². The number of hydrogen-bond donors (Lipinski definition) is 0. The number of ether oxygens (including phenoxy) is 1. The van der Waals surface area contributed by atoms with Crippen LogP contribution >= 0.6 is 15.9 Å². The number of rotatable bonds is 6. The molecule has 3 nitrogen and oxygen atoms in total. The summed E-state index contributed by atoms with van der Waals surface area (Å²) in [5.74, 6) is -0.284. The minimum atomic E-state index is -0.765. The molecule has 19 heavy (non-hydrogen) atoms. The molecule has 104 valence electrons. The Kier molecular flexibility index (Phi) is 5.73. The van der Waals surface area contributed by atoms with Crippen molar-refractivity contribution in [2.45, 2.75) is 33.6 Å². The van der Waals surface area contributed by atoms with Gasteiger partial charge in [-0.15, -0.1) is 0 Å². The van der Waals surface area contributed by atoms with Crippen molar-refractivity contribution in [3.05, 3.63) is 34.3 Å². The van der Waals surface area contributed by atoms with Gasteiger partial charge < -0.3 is 4.74 Å². The van der Waals surface area contributed by atoms with Crippen LogP contribution in [0, 0.1) is 5.41 Å². The normalized spacial score (nSPS) is 11.2. The van der Waals surface area contributed by atoms with Gasteiger partial charge in [0.1, 0.15) is 5.78 Å². The molecule has 1 aromatic carbocycles. The lowest BCUT2D eigenvalue weighted by atomic mass is 9.86. The molecule has 0 unspecified atom stereocenters. The summed E-state index contributed by atoms with van der Waals surface area (Å²) in [5, 5.41) is 0. The van der Waals surface area contributed by atoms with Crippen molar-refractivity contribution in [1.82, 2.24) is 0 Å². The Morgan fingerprint density at radius 3 is 2.58 bits per heavy atom. The Bertz CT molecular complexity index is 466. The van der Waals surface area contributed by atoms with Crippen molar-refractivity contribution in [3.63, 3.8) is 0 Å². The van der Waals surface area contributed by atoms with E-state index in [4.69, 9.17) is 4.74 Å². The third-order valence-electron chi connectivity index (χ3n) is 2.76. The van der Waals surface area contributed by atoms with Gasteiger partial charge in [-0.05, 0) is 38.5 Å². The van der Waals surface area contributed by atoms with Gasteiger partial charge in [-0.2, -0.15) is 0 Å². The first-order valence-electron chi connectivity index (χ1n) is 6.28. The van der Waals surface area contributed by atoms with E-state index in [-0.39, 0.29) is 18.2 Å². The fourth-order valence-electron chi connectivity index (χ4n) is 1.83. The second-order valence-electron chi connectivity index (χ2n) is 5.13. The maximum Gasteiger partial charge on any atom is 0.311 e. The maximum atomic E-state index is 12.0. The van der Waals surface area contributed by atoms with Crippen LogP contribution in [0.1, 0.15) is 32.8 Å². The quantitative estimate of drug-likeness (QED) is 0.751. The summed E-state index contributed by atoms with van der Waals surface area (Å²) in [6.07, 6.45) is 0.528. The monoisotopic (exact) mass is 326 g/mol. The topological polar surface area (TPSA) is 43.4 Å². The predicted octanol–water partition coefficient (Wildman–Crippen LogP) is 3.54. The number of carbonyl (C=O) groups excluding carboxylic acids is 2. The fraction of sp³-hybridized carbons (Fsp3) is 0.467. The molecule has 0 atom stereocenters.